The summed E-state index contributed by atoms with van der Waals surface area (Å²) >= 11 is 1.85. The number of nitrogens with one attached hydrogen (secondary N) is 1. The molecule has 1 N–H and O–H groups in total. The fourth-order valence-electron chi connectivity index (χ4n) is 3.16. The van der Waals surface area contributed by atoms with Crippen molar-refractivity contribution in [1.29, 1.82) is 0 Å². The second-order valence-corrected chi connectivity index (χ2v) is 9.00. The molecule has 0 aromatic carbocycles. The van der Waals surface area contributed by atoms with Crippen molar-refractivity contribution in [2.24, 2.45) is 5.41 Å². The van der Waals surface area contributed by atoms with Crippen LogP contribution in [-0.2, 0) is 11.0 Å². The third-order valence-corrected chi connectivity index (χ3v) is 5.45. The van der Waals surface area contributed by atoms with E-state index in [2.05, 4.69) is 52.2 Å². The molecule has 1 aromatic rings. The van der Waals surface area contributed by atoms with E-state index in [4.69, 9.17) is 4.98 Å². The van der Waals surface area contributed by atoms with Crippen molar-refractivity contribution in [2.75, 3.05) is 6.54 Å². The van der Waals surface area contributed by atoms with Crippen molar-refractivity contribution < 1.29 is 0 Å². The molecule has 0 amide bonds. The van der Waals surface area contributed by atoms with Crippen molar-refractivity contribution >= 4 is 11.3 Å². The molecule has 1 aliphatic carbocycles. The van der Waals surface area contributed by atoms with Crippen molar-refractivity contribution in [3.8, 4) is 0 Å². The van der Waals surface area contributed by atoms with Crippen molar-refractivity contribution in [3.63, 3.8) is 0 Å². The highest BCUT2D eigenvalue weighted by Crippen LogP contribution is 2.50. The lowest BCUT2D eigenvalue weighted by molar-refractivity contribution is 0.287. The smallest absolute Gasteiger partial charge is 0.113 e. The Bertz CT molecular complexity index is 456. The van der Waals surface area contributed by atoms with Gasteiger partial charge in [0.25, 0.3) is 0 Å². The molecule has 1 atom stereocenters. The zero-order chi connectivity index (χ0) is 15.0. The zero-order valence-corrected chi connectivity index (χ0v) is 14.8. The topological polar surface area (TPSA) is 24.9 Å². The molecular weight excluding hydrogens is 264 g/mol. The summed E-state index contributed by atoms with van der Waals surface area (Å²) in [5, 5.41) is 7.40. The summed E-state index contributed by atoms with van der Waals surface area (Å²) in [6.07, 6.45) is 4.89. The van der Waals surface area contributed by atoms with Gasteiger partial charge in [-0.15, -0.1) is 11.3 Å². The summed E-state index contributed by atoms with van der Waals surface area (Å²) < 4.78 is 0. The van der Waals surface area contributed by atoms with Gasteiger partial charge in [0.1, 0.15) is 5.01 Å². The van der Waals surface area contributed by atoms with E-state index in [9.17, 15) is 0 Å². The lowest BCUT2D eigenvalue weighted by atomic mass is 9.87. The average Bonchev–Trinajstić information content (AvgIpc) is 2.91. The molecule has 1 heterocycles. The maximum atomic E-state index is 5.01. The quantitative estimate of drug-likeness (QED) is 0.859. The van der Waals surface area contributed by atoms with Crippen LogP contribution in [-0.4, -0.2) is 11.5 Å². The van der Waals surface area contributed by atoms with E-state index in [1.807, 2.05) is 11.3 Å². The Labute approximate surface area is 128 Å². The van der Waals surface area contributed by atoms with Gasteiger partial charge in [0.2, 0.25) is 0 Å². The molecule has 1 aromatic heterocycles. The van der Waals surface area contributed by atoms with Gasteiger partial charge in [-0.25, -0.2) is 4.98 Å². The van der Waals surface area contributed by atoms with Crippen molar-refractivity contribution in [3.05, 3.63) is 16.1 Å². The largest absolute Gasteiger partial charge is 0.305 e. The Morgan fingerprint density at radius 1 is 1.30 bits per heavy atom. The molecule has 0 saturated heterocycles. The van der Waals surface area contributed by atoms with E-state index in [0.29, 0.717) is 5.41 Å². The van der Waals surface area contributed by atoms with E-state index in [1.165, 1.54) is 36.4 Å². The van der Waals surface area contributed by atoms with Crippen LogP contribution in [0.1, 0.15) is 77.9 Å². The first-order valence-electron chi connectivity index (χ1n) is 7.90. The van der Waals surface area contributed by atoms with Crippen LogP contribution < -0.4 is 5.32 Å². The normalized spacial score (nSPS) is 26.1. The Hall–Kier alpha value is -0.410. The number of aromatic nitrogens is 1. The average molecular weight is 295 g/mol. The van der Waals surface area contributed by atoms with Crippen LogP contribution in [0, 0.1) is 5.41 Å². The van der Waals surface area contributed by atoms with E-state index in [0.717, 1.165) is 6.54 Å². The predicted molar refractivity (Wildman–Crippen MR) is 88.4 cm³/mol. The van der Waals surface area contributed by atoms with Crippen molar-refractivity contribution in [2.45, 2.75) is 78.2 Å². The molecule has 0 aliphatic heterocycles. The Balaban J connectivity index is 2.30. The molecule has 2 rings (SSSR count). The minimum atomic E-state index is 0.119. The lowest BCUT2D eigenvalue weighted by Gasteiger charge is -2.30. The molecule has 20 heavy (non-hydrogen) atoms. The van der Waals surface area contributed by atoms with Gasteiger partial charge in [-0.3, -0.25) is 0 Å². The highest BCUT2D eigenvalue weighted by molar-refractivity contribution is 7.09. The molecule has 0 bridgehead atoms. The number of hydrogen-bond acceptors (Lipinski definition) is 3. The minimum absolute atomic E-state index is 0.119. The monoisotopic (exact) mass is 294 g/mol. The van der Waals surface area contributed by atoms with Gasteiger partial charge in [0.05, 0.1) is 11.2 Å². The number of hydrogen-bond donors (Lipinski definition) is 1. The summed E-state index contributed by atoms with van der Waals surface area (Å²) in [6.45, 7) is 14.8. The van der Waals surface area contributed by atoms with Gasteiger partial charge in [-0.1, -0.05) is 41.5 Å². The maximum absolute atomic E-state index is 5.01. The molecule has 1 aliphatic rings. The summed E-state index contributed by atoms with van der Waals surface area (Å²) in [6, 6.07) is 0. The van der Waals surface area contributed by atoms with Crippen LogP contribution in [0.25, 0.3) is 0 Å². The Morgan fingerprint density at radius 2 is 2.00 bits per heavy atom. The minimum Gasteiger partial charge on any atom is -0.305 e. The summed E-state index contributed by atoms with van der Waals surface area (Å²) in [4.78, 5) is 5.01. The number of thiazole rings is 1. The van der Waals surface area contributed by atoms with Crippen LogP contribution in [0.2, 0.25) is 0 Å². The van der Waals surface area contributed by atoms with E-state index >= 15 is 0 Å². The Kier molecular flexibility index (Phi) is 4.32. The predicted octanol–water partition coefficient (Wildman–Crippen LogP) is 4.85. The van der Waals surface area contributed by atoms with Gasteiger partial charge >= 0.3 is 0 Å². The van der Waals surface area contributed by atoms with Crippen LogP contribution in [0.3, 0.4) is 0 Å². The molecule has 1 saturated carbocycles. The summed E-state index contributed by atoms with van der Waals surface area (Å²) in [5.41, 5.74) is 1.93. The SMILES string of the molecule is CCCNC1(c2nc(C(C)(C)C)cs2)CCC(C)(C)C1. The zero-order valence-electron chi connectivity index (χ0n) is 14.0. The van der Waals surface area contributed by atoms with E-state index in [1.54, 1.807) is 0 Å². The molecule has 1 unspecified atom stereocenters. The standard InChI is InChI=1S/C17H30N2S/c1-7-10-18-17(9-8-16(5,6)12-17)14-19-13(11-20-14)15(2,3)4/h11,18H,7-10,12H2,1-6H3. The first kappa shape index (κ1) is 16.0. The van der Waals surface area contributed by atoms with Gasteiger partial charge in [-0.05, 0) is 37.6 Å². The van der Waals surface area contributed by atoms with Crippen LogP contribution >= 0.6 is 11.3 Å². The maximum Gasteiger partial charge on any atom is 0.113 e. The number of nitrogens with zero attached hydrogens (tertiary/aromatic N) is 1. The first-order chi connectivity index (χ1) is 9.19. The molecule has 3 heteroatoms. The van der Waals surface area contributed by atoms with Crippen LogP contribution in [0.4, 0.5) is 0 Å². The fraction of sp³-hybridized carbons (Fsp3) is 0.824. The number of rotatable bonds is 4. The molecule has 0 radical (unpaired) electrons. The molecule has 2 nitrogen and oxygen atoms in total. The van der Waals surface area contributed by atoms with E-state index < -0.39 is 0 Å². The Morgan fingerprint density at radius 3 is 2.45 bits per heavy atom. The van der Waals surface area contributed by atoms with Crippen LogP contribution in [0.15, 0.2) is 5.38 Å². The molecule has 114 valence electrons. The summed E-state index contributed by atoms with van der Waals surface area (Å²) in [5.74, 6) is 0. The van der Waals surface area contributed by atoms with Gasteiger partial charge in [-0.2, -0.15) is 0 Å². The first-order valence-corrected chi connectivity index (χ1v) is 8.78. The highest BCUT2D eigenvalue weighted by atomic mass is 32.1. The van der Waals surface area contributed by atoms with Gasteiger partial charge in [0.15, 0.2) is 0 Å². The molecular formula is C17H30N2S. The second-order valence-electron chi connectivity index (χ2n) is 8.14. The van der Waals surface area contributed by atoms with Crippen LogP contribution in [0.5, 0.6) is 0 Å². The fourth-order valence-corrected chi connectivity index (χ4v) is 4.41. The van der Waals surface area contributed by atoms with Crippen molar-refractivity contribution in [1.82, 2.24) is 10.3 Å². The van der Waals surface area contributed by atoms with Gasteiger partial charge < -0.3 is 5.32 Å². The summed E-state index contributed by atoms with van der Waals surface area (Å²) in [7, 11) is 0. The van der Waals surface area contributed by atoms with E-state index in [-0.39, 0.29) is 11.0 Å². The molecule has 0 spiro atoms. The highest BCUT2D eigenvalue weighted by Gasteiger charge is 2.46. The lowest BCUT2D eigenvalue weighted by Crippen LogP contribution is -2.41. The third-order valence-electron chi connectivity index (χ3n) is 4.40. The molecule has 1 fully saturated rings. The van der Waals surface area contributed by atoms with Gasteiger partial charge in [0, 0.05) is 10.8 Å². The second kappa shape index (κ2) is 5.42. The third kappa shape index (κ3) is 3.25.